The summed E-state index contributed by atoms with van der Waals surface area (Å²) in [5.74, 6) is 0.190. The summed E-state index contributed by atoms with van der Waals surface area (Å²) in [5, 5.41) is 11.0. The molecule has 0 radical (unpaired) electrons. The number of halogens is 1. The first-order valence-electron chi connectivity index (χ1n) is 8.18. The molecule has 3 nitrogen and oxygen atoms in total. The van der Waals surface area contributed by atoms with Gasteiger partial charge in [-0.15, -0.1) is 0 Å². The Morgan fingerprint density at radius 1 is 0.923 bits per heavy atom. The zero-order chi connectivity index (χ0) is 17.9. The number of para-hydroxylation sites is 1. The Morgan fingerprint density at radius 3 is 2.62 bits per heavy atom. The van der Waals surface area contributed by atoms with Gasteiger partial charge < -0.3 is 5.11 Å². The molecule has 0 aliphatic rings. The summed E-state index contributed by atoms with van der Waals surface area (Å²) in [6.07, 6.45) is 3.46. The van der Waals surface area contributed by atoms with E-state index in [9.17, 15) is 5.11 Å². The molecule has 1 aromatic heterocycles. The van der Waals surface area contributed by atoms with E-state index >= 15 is 0 Å². The molecule has 0 amide bonds. The second kappa shape index (κ2) is 7.10. The smallest absolute Gasteiger partial charge is 0.124 e. The van der Waals surface area contributed by atoms with Gasteiger partial charge in [0.1, 0.15) is 5.75 Å². The molecule has 26 heavy (non-hydrogen) atoms. The molecule has 3 aromatic carbocycles. The van der Waals surface area contributed by atoms with E-state index in [2.05, 4.69) is 44.1 Å². The van der Waals surface area contributed by atoms with Crippen LogP contribution in [-0.2, 0) is 0 Å². The highest BCUT2D eigenvalue weighted by molar-refractivity contribution is 9.10. The van der Waals surface area contributed by atoms with Gasteiger partial charge in [0.15, 0.2) is 0 Å². The first-order valence-corrected chi connectivity index (χ1v) is 8.97. The van der Waals surface area contributed by atoms with Gasteiger partial charge in [0.25, 0.3) is 0 Å². The lowest BCUT2D eigenvalue weighted by Gasteiger charge is -2.08. The van der Waals surface area contributed by atoms with Crippen LogP contribution in [0.25, 0.3) is 22.0 Å². The van der Waals surface area contributed by atoms with Gasteiger partial charge in [0.2, 0.25) is 0 Å². The van der Waals surface area contributed by atoms with Crippen LogP contribution in [0.4, 0.5) is 5.69 Å². The number of hydrogen-bond donors (Lipinski definition) is 1. The number of rotatable bonds is 3. The Kier molecular flexibility index (Phi) is 4.50. The second-order valence-electron chi connectivity index (χ2n) is 5.86. The number of hydrogen-bond acceptors (Lipinski definition) is 3. The average Bonchev–Trinajstić information content (AvgIpc) is 2.69. The first-order chi connectivity index (χ1) is 12.7. The normalized spacial score (nSPS) is 11.3. The van der Waals surface area contributed by atoms with Crippen LogP contribution in [0, 0.1) is 0 Å². The highest BCUT2D eigenvalue weighted by Crippen LogP contribution is 2.32. The SMILES string of the molecule is Oc1ccc(Br)cc1C=Nc1cccc2c(-c3ccccc3)ccnc12. The summed E-state index contributed by atoms with van der Waals surface area (Å²) in [7, 11) is 0. The van der Waals surface area contributed by atoms with E-state index in [-0.39, 0.29) is 5.75 Å². The number of aromatic hydroxyl groups is 1. The van der Waals surface area contributed by atoms with Crippen LogP contribution in [0.2, 0.25) is 0 Å². The van der Waals surface area contributed by atoms with Crippen LogP contribution in [0.5, 0.6) is 5.75 Å². The largest absolute Gasteiger partial charge is 0.507 e. The van der Waals surface area contributed by atoms with E-state index < -0.39 is 0 Å². The molecule has 0 fully saturated rings. The van der Waals surface area contributed by atoms with Crippen molar-refractivity contribution in [2.75, 3.05) is 0 Å². The molecular weight excluding hydrogens is 388 g/mol. The third kappa shape index (κ3) is 3.24. The standard InChI is InChI=1S/C22H15BrN2O/c23-17-9-10-21(26)16(13-17)14-25-20-8-4-7-19-18(11-12-24-22(19)20)15-5-2-1-3-6-15/h1-14,26H. The molecule has 1 N–H and O–H groups in total. The quantitative estimate of drug-likeness (QED) is 0.419. The summed E-state index contributed by atoms with van der Waals surface area (Å²) in [6.45, 7) is 0. The highest BCUT2D eigenvalue weighted by Gasteiger charge is 2.07. The number of aliphatic imine (C=N–C) groups is 1. The zero-order valence-corrected chi connectivity index (χ0v) is 15.4. The molecule has 0 bridgehead atoms. The topological polar surface area (TPSA) is 45.5 Å². The predicted molar refractivity (Wildman–Crippen MR) is 110 cm³/mol. The summed E-state index contributed by atoms with van der Waals surface area (Å²) < 4.78 is 0.888. The number of aromatic nitrogens is 1. The maximum Gasteiger partial charge on any atom is 0.124 e. The number of phenols is 1. The van der Waals surface area contributed by atoms with E-state index in [0.717, 1.165) is 32.2 Å². The molecule has 4 aromatic rings. The summed E-state index contributed by atoms with van der Waals surface area (Å²) >= 11 is 3.41. The third-order valence-corrected chi connectivity index (χ3v) is 4.66. The molecule has 0 aliphatic carbocycles. The van der Waals surface area contributed by atoms with Gasteiger partial charge in [-0.3, -0.25) is 9.98 Å². The van der Waals surface area contributed by atoms with Crippen molar-refractivity contribution in [2.24, 2.45) is 4.99 Å². The minimum atomic E-state index is 0.190. The fourth-order valence-electron chi connectivity index (χ4n) is 2.90. The van der Waals surface area contributed by atoms with Crippen molar-refractivity contribution in [1.82, 2.24) is 4.98 Å². The van der Waals surface area contributed by atoms with E-state index in [4.69, 9.17) is 0 Å². The van der Waals surface area contributed by atoms with Crippen LogP contribution in [0.15, 0.2) is 88.5 Å². The van der Waals surface area contributed by atoms with Crippen LogP contribution in [-0.4, -0.2) is 16.3 Å². The van der Waals surface area contributed by atoms with Crippen molar-refractivity contribution in [2.45, 2.75) is 0 Å². The van der Waals surface area contributed by atoms with Gasteiger partial charge in [-0.1, -0.05) is 58.4 Å². The van der Waals surface area contributed by atoms with Gasteiger partial charge in [-0.25, -0.2) is 0 Å². The van der Waals surface area contributed by atoms with Crippen LogP contribution >= 0.6 is 15.9 Å². The van der Waals surface area contributed by atoms with E-state index in [1.807, 2.05) is 42.5 Å². The maximum atomic E-state index is 9.99. The molecular formula is C22H15BrN2O. The lowest BCUT2D eigenvalue weighted by Crippen LogP contribution is -1.86. The van der Waals surface area contributed by atoms with Gasteiger partial charge in [-0.05, 0) is 41.5 Å². The van der Waals surface area contributed by atoms with Crippen LogP contribution < -0.4 is 0 Å². The Labute approximate surface area is 159 Å². The van der Waals surface area contributed by atoms with Gasteiger partial charge >= 0.3 is 0 Å². The van der Waals surface area contributed by atoms with Gasteiger partial charge in [-0.2, -0.15) is 0 Å². The Morgan fingerprint density at radius 2 is 1.77 bits per heavy atom. The molecule has 0 atom stereocenters. The van der Waals surface area contributed by atoms with Crippen molar-refractivity contribution >= 4 is 38.7 Å². The number of benzene rings is 3. The fourth-order valence-corrected chi connectivity index (χ4v) is 3.28. The molecule has 0 aliphatic heterocycles. The summed E-state index contributed by atoms with van der Waals surface area (Å²) in [4.78, 5) is 9.11. The van der Waals surface area contributed by atoms with Crippen LogP contribution in [0.1, 0.15) is 5.56 Å². The molecule has 4 heteroatoms. The Balaban J connectivity index is 1.82. The maximum absolute atomic E-state index is 9.99. The second-order valence-corrected chi connectivity index (χ2v) is 6.77. The number of pyridine rings is 1. The van der Waals surface area contributed by atoms with Crippen molar-refractivity contribution in [1.29, 1.82) is 0 Å². The summed E-state index contributed by atoms with van der Waals surface area (Å²) in [5.41, 5.74) is 4.51. The molecule has 0 spiro atoms. The van der Waals surface area contributed by atoms with Crippen molar-refractivity contribution in [3.63, 3.8) is 0 Å². The summed E-state index contributed by atoms with van der Waals surface area (Å²) in [6, 6.07) is 23.5. The highest BCUT2D eigenvalue weighted by atomic mass is 79.9. The van der Waals surface area contributed by atoms with Crippen LogP contribution in [0.3, 0.4) is 0 Å². The number of fused-ring (bicyclic) bond motifs is 1. The first kappa shape index (κ1) is 16.5. The van der Waals surface area contributed by atoms with Crippen molar-refractivity contribution < 1.29 is 5.11 Å². The number of phenolic OH excluding ortho intramolecular Hbond substituents is 1. The minimum absolute atomic E-state index is 0.190. The molecule has 0 unspecified atom stereocenters. The molecule has 0 saturated carbocycles. The lowest BCUT2D eigenvalue weighted by molar-refractivity contribution is 0.474. The lowest BCUT2D eigenvalue weighted by atomic mass is 10.0. The minimum Gasteiger partial charge on any atom is -0.507 e. The Hall–Kier alpha value is -2.98. The molecule has 4 rings (SSSR count). The van der Waals surface area contributed by atoms with Gasteiger partial charge in [0.05, 0.1) is 11.2 Å². The molecule has 0 saturated heterocycles. The molecule has 1 heterocycles. The van der Waals surface area contributed by atoms with E-state index in [0.29, 0.717) is 5.56 Å². The molecule has 126 valence electrons. The monoisotopic (exact) mass is 402 g/mol. The third-order valence-electron chi connectivity index (χ3n) is 4.17. The zero-order valence-electron chi connectivity index (χ0n) is 13.8. The predicted octanol–water partition coefficient (Wildman–Crippen LogP) is 6.12. The number of nitrogens with zero attached hydrogens (tertiary/aromatic N) is 2. The van der Waals surface area contributed by atoms with E-state index in [1.165, 1.54) is 0 Å². The van der Waals surface area contributed by atoms with Gasteiger partial charge in [0, 0.05) is 27.8 Å². The Bertz CT molecular complexity index is 1110. The fraction of sp³-hybridized carbons (Fsp3) is 0. The van der Waals surface area contributed by atoms with E-state index in [1.54, 1.807) is 24.5 Å². The average molecular weight is 403 g/mol. The van der Waals surface area contributed by atoms with Crippen molar-refractivity contribution in [3.8, 4) is 16.9 Å². The van der Waals surface area contributed by atoms with Crippen molar-refractivity contribution in [3.05, 3.63) is 89.0 Å².